The van der Waals surface area contributed by atoms with Gasteiger partial charge in [0.25, 0.3) is 0 Å². The Hall–Kier alpha value is -2.42. The summed E-state index contributed by atoms with van der Waals surface area (Å²) in [5, 5.41) is 4.99. The highest BCUT2D eigenvalue weighted by Gasteiger charge is 2.19. The van der Waals surface area contributed by atoms with Crippen LogP contribution in [0.25, 0.3) is 0 Å². The van der Waals surface area contributed by atoms with Crippen LogP contribution in [0.5, 0.6) is 0 Å². The summed E-state index contributed by atoms with van der Waals surface area (Å²) >= 11 is 6.02. The average Bonchev–Trinajstić information content (AvgIpc) is 2.75. The molecule has 2 aliphatic rings. The van der Waals surface area contributed by atoms with Gasteiger partial charge < -0.3 is 19.3 Å². The molecule has 1 N–H and O–H groups in total. The molecule has 3 heterocycles. The molecule has 0 aliphatic carbocycles. The van der Waals surface area contributed by atoms with Crippen LogP contribution in [0.3, 0.4) is 0 Å². The van der Waals surface area contributed by atoms with Crippen molar-refractivity contribution in [1.29, 1.82) is 0 Å². The maximum atomic E-state index is 6.02. The van der Waals surface area contributed by atoms with Gasteiger partial charge in [0.1, 0.15) is 5.82 Å². The number of nitrogens with zero attached hydrogens (tertiary/aromatic N) is 5. The van der Waals surface area contributed by atoms with E-state index in [0.29, 0.717) is 43.2 Å². The molecule has 0 unspecified atom stereocenters. The van der Waals surface area contributed by atoms with Crippen molar-refractivity contribution in [2.24, 2.45) is 5.10 Å². The van der Waals surface area contributed by atoms with Gasteiger partial charge in [0, 0.05) is 37.3 Å². The average molecular weight is 403 g/mol. The molecule has 0 spiro atoms. The van der Waals surface area contributed by atoms with Crippen molar-refractivity contribution in [2.45, 2.75) is 0 Å². The number of morpholine rings is 2. The summed E-state index contributed by atoms with van der Waals surface area (Å²) in [6.45, 7) is 5.94. The van der Waals surface area contributed by atoms with Gasteiger partial charge in [0.05, 0.1) is 32.6 Å². The molecule has 2 fully saturated rings. The molecule has 1 aromatic carbocycles. The molecule has 9 heteroatoms. The van der Waals surface area contributed by atoms with E-state index in [1.165, 1.54) is 0 Å². The highest BCUT2D eigenvalue weighted by Crippen LogP contribution is 2.22. The standard InChI is InChI=1S/C19H23ClN6O2/c20-16-3-1-2-15(12-16)14-21-24-17-13-18(25-4-8-27-9-5-25)23-19(22-17)26-6-10-28-11-7-26/h1-3,12-14H,4-11H2,(H,22,23,24). The normalized spacial score (nSPS) is 17.9. The predicted molar refractivity (Wildman–Crippen MR) is 111 cm³/mol. The molecule has 2 aliphatic heterocycles. The Morgan fingerprint density at radius 1 is 0.964 bits per heavy atom. The summed E-state index contributed by atoms with van der Waals surface area (Å²) in [6, 6.07) is 9.44. The first-order valence-corrected chi connectivity index (χ1v) is 9.75. The van der Waals surface area contributed by atoms with Crippen LogP contribution in [0.4, 0.5) is 17.6 Å². The van der Waals surface area contributed by atoms with Crippen LogP contribution in [-0.4, -0.2) is 68.8 Å². The third kappa shape index (κ3) is 4.89. The summed E-state index contributed by atoms with van der Waals surface area (Å²) in [5.41, 5.74) is 3.94. The lowest BCUT2D eigenvalue weighted by atomic mass is 10.2. The fraction of sp³-hybridized carbons (Fsp3) is 0.421. The van der Waals surface area contributed by atoms with Crippen molar-refractivity contribution >= 4 is 35.4 Å². The smallest absolute Gasteiger partial charge is 0.229 e. The highest BCUT2D eigenvalue weighted by molar-refractivity contribution is 6.30. The van der Waals surface area contributed by atoms with Crippen LogP contribution < -0.4 is 15.2 Å². The summed E-state index contributed by atoms with van der Waals surface area (Å²) in [6.07, 6.45) is 1.72. The third-order valence-electron chi connectivity index (χ3n) is 4.57. The van der Waals surface area contributed by atoms with Crippen LogP contribution in [0.2, 0.25) is 5.02 Å². The molecule has 1 aromatic heterocycles. The Labute approximate surface area is 169 Å². The topological polar surface area (TPSA) is 75.1 Å². The van der Waals surface area contributed by atoms with Crippen molar-refractivity contribution in [3.8, 4) is 0 Å². The summed E-state index contributed by atoms with van der Waals surface area (Å²) in [4.78, 5) is 13.8. The summed E-state index contributed by atoms with van der Waals surface area (Å²) in [7, 11) is 0. The lowest BCUT2D eigenvalue weighted by Gasteiger charge is -2.31. The van der Waals surface area contributed by atoms with Gasteiger partial charge >= 0.3 is 0 Å². The number of nitrogens with one attached hydrogen (secondary N) is 1. The number of benzene rings is 1. The predicted octanol–water partition coefficient (Wildman–Crippen LogP) is 2.25. The molecule has 0 amide bonds. The van der Waals surface area contributed by atoms with Gasteiger partial charge in [0.15, 0.2) is 5.82 Å². The minimum atomic E-state index is 0.649. The first-order valence-electron chi connectivity index (χ1n) is 9.37. The molecular formula is C19H23ClN6O2. The minimum Gasteiger partial charge on any atom is -0.378 e. The van der Waals surface area contributed by atoms with E-state index in [9.17, 15) is 0 Å². The summed E-state index contributed by atoms with van der Waals surface area (Å²) < 4.78 is 10.9. The molecule has 0 saturated carbocycles. The molecule has 0 bridgehead atoms. The van der Waals surface area contributed by atoms with Crippen LogP contribution in [0, 0.1) is 0 Å². The van der Waals surface area contributed by atoms with Gasteiger partial charge in [0.2, 0.25) is 5.95 Å². The molecular weight excluding hydrogens is 380 g/mol. The van der Waals surface area contributed by atoms with Crippen molar-refractivity contribution < 1.29 is 9.47 Å². The van der Waals surface area contributed by atoms with E-state index in [1.54, 1.807) is 6.21 Å². The fourth-order valence-corrected chi connectivity index (χ4v) is 3.30. The van der Waals surface area contributed by atoms with Crippen LogP contribution in [0.15, 0.2) is 35.4 Å². The number of hydrogen-bond acceptors (Lipinski definition) is 8. The molecule has 4 rings (SSSR count). The Kier molecular flexibility index (Phi) is 6.20. The number of aromatic nitrogens is 2. The Morgan fingerprint density at radius 3 is 2.39 bits per heavy atom. The van der Waals surface area contributed by atoms with Crippen LogP contribution in [0.1, 0.15) is 5.56 Å². The maximum Gasteiger partial charge on any atom is 0.229 e. The molecule has 28 heavy (non-hydrogen) atoms. The van der Waals surface area contributed by atoms with E-state index < -0.39 is 0 Å². The first-order chi connectivity index (χ1) is 13.8. The number of ether oxygens (including phenoxy) is 2. The zero-order valence-electron chi connectivity index (χ0n) is 15.6. The Morgan fingerprint density at radius 2 is 1.68 bits per heavy atom. The molecule has 2 saturated heterocycles. The zero-order valence-corrected chi connectivity index (χ0v) is 16.3. The maximum absolute atomic E-state index is 6.02. The molecule has 0 radical (unpaired) electrons. The second-order valence-corrected chi connectivity index (χ2v) is 6.97. The largest absolute Gasteiger partial charge is 0.378 e. The van der Waals surface area contributed by atoms with Crippen LogP contribution >= 0.6 is 11.6 Å². The highest BCUT2D eigenvalue weighted by atomic mass is 35.5. The van der Waals surface area contributed by atoms with E-state index >= 15 is 0 Å². The number of halogens is 1. The molecule has 148 valence electrons. The second kappa shape index (κ2) is 9.18. The Bertz CT molecular complexity index is 786. The van der Waals surface area contributed by atoms with Gasteiger partial charge in [-0.15, -0.1) is 0 Å². The van der Waals surface area contributed by atoms with E-state index in [1.807, 2.05) is 30.3 Å². The lowest BCUT2D eigenvalue weighted by Crippen LogP contribution is -2.39. The third-order valence-corrected chi connectivity index (χ3v) is 4.81. The van der Waals surface area contributed by atoms with Crippen molar-refractivity contribution in [2.75, 3.05) is 67.8 Å². The minimum absolute atomic E-state index is 0.649. The number of rotatable bonds is 5. The number of hydrogen-bond donors (Lipinski definition) is 1. The fourth-order valence-electron chi connectivity index (χ4n) is 3.10. The van der Waals surface area contributed by atoms with Crippen molar-refractivity contribution in [1.82, 2.24) is 9.97 Å². The molecule has 8 nitrogen and oxygen atoms in total. The zero-order chi connectivity index (χ0) is 19.2. The number of hydrazone groups is 1. The van der Waals surface area contributed by atoms with Crippen molar-refractivity contribution in [3.05, 3.63) is 40.9 Å². The first kappa shape index (κ1) is 18.9. The second-order valence-electron chi connectivity index (χ2n) is 6.54. The van der Waals surface area contributed by atoms with Gasteiger partial charge in [-0.3, -0.25) is 5.43 Å². The lowest BCUT2D eigenvalue weighted by molar-refractivity contribution is 0.121. The van der Waals surface area contributed by atoms with Crippen LogP contribution in [-0.2, 0) is 9.47 Å². The van der Waals surface area contributed by atoms with E-state index in [0.717, 1.165) is 37.6 Å². The monoisotopic (exact) mass is 402 g/mol. The van der Waals surface area contributed by atoms with Crippen molar-refractivity contribution in [3.63, 3.8) is 0 Å². The SMILES string of the molecule is Clc1cccc(C=NNc2cc(N3CCOCC3)nc(N3CCOCC3)n2)c1. The van der Waals surface area contributed by atoms with E-state index in [4.69, 9.17) is 26.1 Å². The molecule has 2 aromatic rings. The quantitative estimate of drug-likeness (QED) is 0.607. The number of anilines is 3. The van der Waals surface area contributed by atoms with Gasteiger partial charge in [-0.1, -0.05) is 23.7 Å². The summed E-state index contributed by atoms with van der Waals surface area (Å²) in [5.74, 6) is 2.21. The van der Waals surface area contributed by atoms with E-state index in [-0.39, 0.29) is 0 Å². The molecule has 0 atom stereocenters. The Balaban J connectivity index is 1.55. The van der Waals surface area contributed by atoms with Gasteiger partial charge in [-0.25, -0.2) is 0 Å². The van der Waals surface area contributed by atoms with Gasteiger partial charge in [-0.05, 0) is 17.7 Å². The van der Waals surface area contributed by atoms with E-state index in [2.05, 4.69) is 25.3 Å². The van der Waals surface area contributed by atoms with Gasteiger partial charge in [-0.2, -0.15) is 15.1 Å².